The van der Waals surface area contributed by atoms with Crippen molar-refractivity contribution in [3.05, 3.63) is 29.3 Å². The van der Waals surface area contributed by atoms with Crippen LogP contribution in [-0.2, 0) is 11.2 Å². The summed E-state index contributed by atoms with van der Waals surface area (Å²) in [5, 5.41) is 9.28. The number of carbonyl (C=O) groups is 1. The Morgan fingerprint density at radius 3 is 3.18 bits per heavy atom. The average Bonchev–Trinajstić information content (AvgIpc) is 2.96. The van der Waals surface area contributed by atoms with Gasteiger partial charge < -0.3 is 9.84 Å². The van der Waals surface area contributed by atoms with Gasteiger partial charge in [-0.15, -0.1) is 0 Å². The summed E-state index contributed by atoms with van der Waals surface area (Å²) in [6.45, 7) is 0.749. The molecule has 1 aromatic carbocycles. The minimum absolute atomic E-state index is 0.0852. The monoisotopic (exact) mass is 250 g/mol. The Labute approximate surface area is 104 Å². The van der Waals surface area contributed by atoms with Crippen molar-refractivity contribution in [1.82, 2.24) is 0 Å². The van der Waals surface area contributed by atoms with Crippen molar-refractivity contribution in [2.24, 2.45) is 5.92 Å². The second-order valence-electron chi connectivity index (χ2n) is 4.49. The van der Waals surface area contributed by atoms with Crippen LogP contribution in [0.2, 0.25) is 0 Å². The van der Waals surface area contributed by atoms with Crippen LogP contribution in [0.15, 0.2) is 18.2 Å². The van der Waals surface area contributed by atoms with Crippen LogP contribution in [0, 0.1) is 5.92 Å². The summed E-state index contributed by atoms with van der Waals surface area (Å²) >= 11 is 1.74. The Balaban J connectivity index is 1.91. The molecule has 0 amide bonds. The molecular formula is C13H14O3S. The molecule has 2 aliphatic rings. The highest BCUT2D eigenvalue weighted by atomic mass is 32.2. The molecule has 17 heavy (non-hydrogen) atoms. The molecule has 3 nitrogen and oxygen atoms in total. The van der Waals surface area contributed by atoms with Crippen molar-refractivity contribution in [1.29, 1.82) is 0 Å². The molecule has 90 valence electrons. The number of benzene rings is 1. The first-order chi connectivity index (χ1) is 8.25. The van der Waals surface area contributed by atoms with Crippen LogP contribution in [0.5, 0.6) is 5.75 Å². The predicted octanol–water partition coefficient (Wildman–Crippen LogP) is 2.50. The van der Waals surface area contributed by atoms with Gasteiger partial charge in [0, 0.05) is 11.7 Å². The third-order valence-electron chi connectivity index (χ3n) is 3.46. The largest absolute Gasteiger partial charge is 0.493 e. The SMILES string of the molecule is O=C(O)C1CCSC1c1ccc2c(c1)OCC2. The van der Waals surface area contributed by atoms with E-state index in [1.165, 1.54) is 5.56 Å². The third kappa shape index (κ3) is 1.90. The molecule has 1 saturated heterocycles. The number of carboxylic acid groups (broad SMARTS) is 1. The van der Waals surface area contributed by atoms with Gasteiger partial charge in [-0.1, -0.05) is 12.1 Å². The molecule has 1 N–H and O–H groups in total. The molecule has 0 saturated carbocycles. The first kappa shape index (κ1) is 11.0. The van der Waals surface area contributed by atoms with Gasteiger partial charge in [0.2, 0.25) is 0 Å². The molecule has 1 fully saturated rings. The van der Waals surface area contributed by atoms with Crippen molar-refractivity contribution in [3.8, 4) is 5.75 Å². The Hall–Kier alpha value is -1.16. The third-order valence-corrected chi connectivity index (χ3v) is 4.89. The van der Waals surface area contributed by atoms with Gasteiger partial charge in [0.1, 0.15) is 5.75 Å². The summed E-state index contributed by atoms with van der Waals surface area (Å²) in [7, 11) is 0. The van der Waals surface area contributed by atoms with E-state index in [1.54, 1.807) is 11.8 Å². The van der Waals surface area contributed by atoms with E-state index in [-0.39, 0.29) is 11.2 Å². The fraction of sp³-hybridized carbons (Fsp3) is 0.462. The fourth-order valence-corrected chi connectivity index (χ4v) is 4.00. The molecule has 0 spiro atoms. The van der Waals surface area contributed by atoms with Crippen LogP contribution >= 0.6 is 11.8 Å². The van der Waals surface area contributed by atoms with Gasteiger partial charge in [-0.2, -0.15) is 11.8 Å². The molecule has 3 rings (SSSR count). The van der Waals surface area contributed by atoms with E-state index in [9.17, 15) is 9.90 Å². The molecule has 1 aromatic rings. The molecule has 4 heteroatoms. The summed E-state index contributed by atoms with van der Waals surface area (Å²) in [5.74, 6) is 0.944. The maximum atomic E-state index is 11.2. The Bertz CT molecular complexity index is 458. The van der Waals surface area contributed by atoms with Crippen LogP contribution in [-0.4, -0.2) is 23.4 Å². The van der Waals surface area contributed by atoms with Crippen LogP contribution in [0.3, 0.4) is 0 Å². The smallest absolute Gasteiger partial charge is 0.307 e. The summed E-state index contributed by atoms with van der Waals surface area (Å²) < 4.78 is 5.54. The zero-order valence-electron chi connectivity index (χ0n) is 9.39. The topological polar surface area (TPSA) is 46.5 Å². The van der Waals surface area contributed by atoms with E-state index in [0.29, 0.717) is 0 Å². The quantitative estimate of drug-likeness (QED) is 0.876. The van der Waals surface area contributed by atoms with Gasteiger partial charge in [-0.3, -0.25) is 4.79 Å². The van der Waals surface area contributed by atoms with Gasteiger partial charge in [0.15, 0.2) is 0 Å². The van der Waals surface area contributed by atoms with E-state index < -0.39 is 5.97 Å². The number of aliphatic carboxylic acids is 1. The summed E-state index contributed by atoms with van der Waals surface area (Å²) in [6.07, 6.45) is 1.73. The molecule has 2 atom stereocenters. The van der Waals surface area contributed by atoms with E-state index in [0.717, 1.165) is 36.5 Å². The molecule has 2 unspecified atom stereocenters. The van der Waals surface area contributed by atoms with Crippen molar-refractivity contribution in [3.63, 3.8) is 0 Å². The average molecular weight is 250 g/mol. The fourth-order valence-electron chi connectivity index (χ4n) is 2.53. The molecule has 0 aliphatic carbocycles. The van der Waals surface area contributed by atoms with E-state index in [4.69, 9.17) is 4.74 Å². The van der Waals surface area contributed by atoms with Crippen LogP contribution < -0.4 is 4.74 Å². The van der Waals surface area contributed by atoms with Crippen LogP contribution in [0.4, 0.5) is 0 Å². The number of fused-ring (bicyclic) bond motifs is 1. The van der Waals surface area contributed by atoms with E-state index in [1.807, 2.05) is 6.07 Å². The summed E-state index contributed by atoms with van der Waals surface area (Å²) in [5.41, 5.74) is 2.34. The number of ether oxygens (including phenoxy) is 1. The van der Waals surface area contributed by atoms with Crippen LogP contribution in [0.1, 0.15) is 22.8 Å². The predicted molar refractivity (Wildman–Crippen MR) is 66.6 cm³/mol. The van der Waals surface area contributed by atoms with E-state index in [2.05, 4.69) is 12.1 Å². The number of hydrogen-bond acceptors (Lipinski definition) is 3. The highest BCUT2D eigenvalue weighted by Gasteiger charge is 2.35. The van der Waals surface area contributed by atoms with Crippen molar-refractivity contribution in [2.75, 3.05) is 12.4 Å². The van der Waals surface area contributed by atoms with Crippen LogP contribution in [0.25, 0.3) is 0 Å². The Kier molecular flexibility index (Phi) is 2.74. The molecule has 0 bridgehead atoms. The molecule has 2 aliphatic heterocycles. The number of carboxylic acids is 1. The summed E-state index contributed by atoms with van der Waals surface area (Å²) in [4.78, 5) is 11.2. The van der Waals surface area contributed by atoms with Crippen molar-refractivity contribution >= 4 is 17.7 Å². The van der Waals surface area contributed by atoms with Gasteiger partial charge >= 0.3 is 5.97 Å². The minimum atomic E-state index is -0.679. The lowest BCUT2D eigenvalue weighted by Crippen LogP contribution is -2.15. The minimum Gasteiger partial charge on any atom is -0.493 e. The van der Waals surface area contributed by atoms with Crippen molar-refractivity contribution < 1.29 is 14.6 Å². The van der Waals surface area contributed by atoms with Gasteiger partial charge in [-0.25, -0.2) is 0 Å². The highest BCUT2D eigenvalue weighted by Crippen LogP contribution is 2.46. The normalized spacial score (nSPS) is 26.6. The highest BCUT2D eigenvalue weighted by molar-refractivity contribution is 7.99. The lowest BCUT2D eigenvalue weighted by atomic mass is 9.96. The second-order valence-corrected chi connectivity index (χ2v) is 5.74. The Morgan fingerprint density at radius 1 is 1.47 bits per heavy atom. The first-order valence-electron chi connectivity index (χ1n) is 5.86. The maximum Gasteiger partial charge on any atom is 0.307 e. The van der Waals surface area contributed by atoms with Gasteiger partial charge in [-0.05, 0) is 29.4 Å². The zero-order chi connectivity index (χ0) is 11.8. The molecule has 2 heterocycles. The van der Waals surface area contributed by atoms with Gasteiger partial charge in [0.05, 0.1) is 12.5 Å². The number of rotatable bonds is 2. The van der Waals surface area contributed by atoms with E-state index >= 15 is 0 Å². The molecule has 0 aromatic heterocycles. The second kappa shape index (κ2) is 4.26. The first-order valence-corrected chi connectivity index (χ1v) is 6.90. The van der Waals surface area contributed by atoms with Crippen molar-refractivity contribution in [2.45, 2.75) is 18.1 Å². The number of hydrogen-bond donors (Lipinski definition) is 1. The Morgan fingerprint density at radius 2 is 2.35 bits per heavy atom. The standard InChI is InChI=1S/C13H14O3S/c14-13(15)10-4-6-17-12(10)9-2-1-8-3-5-16-11(8)7-9/h1-2,7,10,12H,3-6H2,(H,14,15). The summed E-state index contributed by atoms with van der Waals surface area (Å²) in [6, 6.07) is 6.17. The lowest BCUT2D eigenvalue weighted by Gasteiger charge is -2.16. The maximum absolute atomic E-state index is 11.2. The number of thioether (sulfide) groups is 1. The lowest BCUT2D eigenvalue weighted by molar-refractivity contribution is -0.141. The zero-order valence-corrected chi connectivity index (χ0v) is 10.2. The molecule has 0 radical (unpaired) electrons. The molecular weight excluding hydrogens is 236 g/mol. The van der Waals surface area contributed by atoms with Gasteiger partial charge in [0.25, 0.3) is 0 Å².